The molecule has 2 aromatic carbocycles. The van der Waals surface area contributed by atoms with Gasteiger partial charge in [0.25, 0.3) is 0 Å². The fourth-order valence-corrected chi connectivity index (χ4v) is 2.30. The fourth-order valence-electron chi connectivity index (χ4n) is 2.30. The Morgan fingerprint density at radius 3 is 2.65 bits per heavy atom. The lowest BCUT2D eigenvalue weighted by Gasteiger charge is -2.06. The summed E-state index contributed by atoms with van der Waals surface area (Å²) >= 11 is 0. The first-order valence-corrected chi connectivity index (χ1v) is 6.67. The van der Waals surface area contributed by atoms with Gasteiger partial charge < -0.3 is 5.32 Å². The Kier molecular flexibility index (Phi) is 3.11. The van der Waals surface area contributed by atoms with Gasteiger partial charge in [-0.3, -0.25) is 9.79 Å². The lowest BCUT2D eigenvalue weighted by molar-refractivity contribution is -0.115. The highest BCUT2D eigenvalue weighted by molar-refractivity contribution is 6.16. The first kappa shape index (κ1) is 12.6. The summed E-state index contributed by atoms with van der Waals surface area (Å²) in [5, 5.41) is 2.89. The number of hydrogen-bond donors (Lipinski definition) is 1. The van der Waals surface area contributed by atoms with Crippen molar-refractivity contribution in [3.63, 3.8) is 0 Å². The Bertz CT molecular complexity index is 717. The molecule has 1 amide bonds. The van der Waals surface area contributed by atoms with Gasteiger partial charge in [-0.1, -0.05) is 24.3 Å². The maximum atomic E-state index is 12.0. The van der Waals surface area contributed by atoms with Gasteiger partial charge in [-0.05, 0) is 48.7 Å². The van der Waals surface area contributed by atoms with Crippen molar-refractivity contribution in [2.24, 2.45) is 4.99 Å². The molecule has 1 aliphatic heterocycles. The molecular formula is C17H16N2O. The van der Waals surface area contributed by atoms with E-state index < -0.39 is 0 Å². The second kappa shape index (κ2) is 4.93. The van der Waals surface area contributed by atoms with Gasteiger partial charge in [0.15, 0.2) is 0 Å². The van der Waals surface area contributed by atoms with Gasteiger partial charge in [-0.15, -0.1) is 0 Å². The third kappa shape index (κ3) is 2.35. The van der Waals surface area contributed by atoms with Gasteiger partial charge in [0, 0.05) is 0 Å². The zero-order valence-electron chi connectivity index (χ0n) is 11.6. The van der Waals surface area contributed by atoms with Crippen LogP contribution in [0.1, 0.15) is 23.1 Å². The van der Waals surface area contributed by atoms with E-state index in [1.807, 2.05) is 30.3 Å². The molecular weight excluding hydrogens is 248 g/mol. The number of aryl methyl sites for hydroxylation is 2. The lowest BCUT2D eigenvalue weighted by atomic mass is 10.0. The van der Waals surface area contributed by atoms with Crippen LogP contribution in [0, 0.1) is 13.8 Å². The number of nitrogens with zero attached hydrogens (tertiary/aromatic N) is 1. The van der Waals surface area contributed by atoms with E-state index in [9.17, 15) is 4.79 Å². The van der Waals surface area contributed by atoms with E-state index in [2.05, 4.69) is 36.3 Å². The normalized spacial score (nSPS) is 14.1. The Hall–Kier alpha value is -2.42. The van der Waals surface area contributed by atoms with Crippen molar-refractivity contribution in [1.82, 2.24) is 0 Å². The van der Waals surface area contributed by atoms with Gasteiger partial charge in [0.1, 0.15) is 0 Å². The number of anilines is 1. The fraction of sp³-hybridized carbons (Fsp3) is 0.176. The average molecular weight is 264 g/mol. The summed E-state index contributed by atoms with van der Waals surface area (Å²) in [7, 11) is 0. The summed E-state index contributed by atoms with van der Waals surface area (Å²) in [6.45, 7) is 4.15. The smallest absolute Gasteiger partial charge is 0.230 e. The van der Waals surface area contributed by atoms with E-state index in [4.69, 9.17) is 0 Å². The molecule has 0 radical (unpaired) electrons. The predicted molar refractivity (Wildman–Crippen MR) is 81.8 cm³/mol. The van der Waals surface area contributed by atoms with Crippen LogP contribution in [0.5, 0.6) is 0 Å². The molecule has 0 aromatic heterocycles. The molecule has 0 saturated heterocycles. The molecule has 1 aliphatic rings. The van der Waals surface area contributed by atoms with E-state index >= 15 is 0 Å². The number of aliphatic imine (C=N–C) groups is 1. The highest BCUT2D eigenvalue weighted by atomic mass is 16.1. The molecule has 100 valence electrons. The third-order valence-corrected chi connectivity index (χ3v) is 3.60. The lowest BCUT2D eigenvalue weighted by Crippen LogP contribution is -2.15. The number of rotatable bonds is 1. The molecule has 1 heterocycles. The molecule has 3 heteroatoms. The number of hydrogen-bond acceptors (Lipinski definition) is 2. The molecule has 0 unspecified atom stereocenters. The van der Waals surface area contributed by atoms with Crippen molar-refractivity contribution < 1.29 is 4.79 Å². The van der Waals surface area contributed by atoms with Gasteiger partial charge in [-0.25, -0.2) is 0 Å². The van der Waals surface area contributed by atoms with Crippen molar-refractivity contribution in [2.45, 2.75) is 20.3 Å². The molecule has 0 atom stereocenters. The van der Waals surface area contributed by atoms with E-state index in [1.165, 1.54) is 11.1 Å². The minimum absolute atomic E-state index is 0.0214. The van der Waals surface area contributed by atoms with Gasteiger partial charge in [0.05, 0.1) is 23.5 Å². The summed E-state index contributed by atoms with van der Waals surface area (Å²) in [6.07, 6.45) is 0.303. The van der Waals surface area contributed by atoms with Crippen LogP contribution in [0.15, 0.2) is 47.5 Å². The molecule has 20 heavy (non-hydrogen) atoms. The van der Waals surface area contributed by atoms with Crippen molar-refractivity contribution in [2.75, 3.05) is 5.32 Å². The zero-order valence-corrected chi connectivity index (χ0v) is 11.6. The van der Waals surface area contributed by atoms with Gasteiger partial charge in [0.2, 0.25) is 5.91 Å². The van der Waals surface area contributed by atoms with Crippen LogP contribution in [0.2, 0.25) is 0 Å². The zero-order chi connectivity index (χ0) is 14.1. The summed E-state index contributed by atoms with van der Waals surface area (Å²) in [5.41, 5.74) is 5.87. The molecule has 3 nitrogen and oxygen atoms in total. The van der Waals surface area contributed by atoms with Crippen molar-refractivity contribution >= 4 is 23.0 Å². The summed E-state index contributed by atoms with van der Waals surface area (Å²) < 4.78 is 0. The Labute approximate surface area is 118 Å². The topological polar surface area (TPSA) is 41.5 Å². The summed E-state index contributed by atoms with van der Waals surface area (Å²) in [4.78, 5) is 16.7. The van der Waals surface area contributed by atoms with E-state index in [0.717, 1.165) is 22.6 Å². The third-order valence-electron chi connectivity index (χ3n) is 3.60. The highest BCUT2D eigenvalue weighted by Crippen LogP contribution is 2.28. The molecule has 0 aliphatic carbocycles. The van der Waals surface area contributed by atoms with Crippen LogP contribution in [0.3, 0.4) is 0 Å². The second-order valence-electron chi connectivity index (χ2n) is 5.10. The quantitative estimate of drug-likeness (QED) is 0.837. The van der Waals surface area contributed by atoms with E-state index in [1.54, 1.807) is 0 Å². The van der Waals surface area contributed by atoms with Crippen LogP contribution in [-0.2, 0) is 4.79 Å². The summed E-state index contributed by atoms with van der Waals surface area (Å²) in [6, 6.07) is 13.8. The minimum atomic E-state index is -0.0214. The number of amides is 1. The Balaban J connectivity index is 2.10. The van der Waals surface area contributed by atoms with Crippen LogP contribution in [-0.4, -0.2) is 11.6 Å². The maximum Gasteiger partial charge on any atom is 0.230 e. The van der Waals surface area contributed by atoms with E-state index in [0.29, 0.717) is 6.42 Å². The maximum absolute atomic E-state index is 12.0. The molecule has 0 fully saturated rings. The van der Waals surface area contributed by atoms with Crippen LogP contribution < -0.4 is 5.32 Å². The molecule has 0 spiro atoms. The molecule has 2 aromatic rings. The Morgan fingerprint density at radius 2 is 1.85 bits per heavy atom. The van der Waals surface area contributed by atoms with Crippen molar-refractivity contribution in [3.05, 3.63) is 59.2 Å². The number of fused-ring (bicyclic) bond motifs is 1. The molecule has 0 saturated carbocycles. The SMILES string of the molecule is Cc1ccc(C2=Nc3ccccc3NC(=O)C2)cc1C. The molecule has 3 rings (SSSR count). The second-order valence-corrected chi connectivity index (χ2v) is 5.10. The average Bonchev–Trinajstić information content (AvgIpc) is 2.59. The van der Waals surface area contributed by atoms with Crippen LogP contribution >= 0.6 is 0 Å². The molecule has 1 N–H and O–H groups in total. The first-order valence-electron chi connectivity index (χ1n) is 6.67. The summed E-state index contributed by atoms with van der Waals surface area (Å²) in [5.74, 6) is -0.0214. The monoisotopic (exact) mass is 264 g/mol. The van der Waals surface area contributed by atoms with Crippen molar-refractivity contribution in [3.8, 4) is 0 Å². The van der Waals surface area contributed by atoms with Gasteiger partial charge in [-0.2, -0.15) is 0 Å². The standard InChI is InChI=1S/C17H16N2O/c1-11-7-8-13(9-12(11)2)16-10-17(20)19-15-6-4-3-5-14(15)18-16/h3-9H,10H2,1-2H3,(H,19,20). The number of nitrogens with one attached hydrogen (secondary N) is 1. The number of para-hydroxylation sites is 2. The number of carbonyl (C=O) groups is 1. The minimum Gasteiger partial charge on any atom is -0.324 e. The van der Waals surface area contributed by atoms with Crippen LogP contribution in [0.25, 0.3) is 0 Å². The number of carbonyl (C=O) groups excluding carboxylic acids is 1. The highest BCUT2D eigenvalue weighted by Gasteiger charge is 2.16. The number of benzene rings is 2. The first-order chi connectivity index (χ1) is 9.63. The predicted octanol–water partition coefficient (Wildman–Crippen LogP) is 3.77. The largest absolute Gasteiger partial charge is 0.324 e. The van der Waals surface area contributed by atoms with E-state index in [-0.39, 0.29) is 5.91 Å². The molecule has 0 bridgehead atoms. The van der Waals surface area contributed by atoms with Gasteiger partial charge >= 0.3 is 0 Å². The van der Waals surface area contributed by atoms with Crippen molar-refractivity contribution in [1.29, 1.82) is 0 Å². The Morgan fingerprint density at radius 1 is 1.05 bits per heavy atom. The van der Waals surface area contributed by atoms with Crippen LogP contribution in [0.4, 0.5) is 11.4 Å².